The van der Waals surface area contributed by atoms with Crippen LogP contribution >= 0.6 is 0 Å². The molecule has 1 aliphatic rings. The highest BCUT2D eigenvalue weighted by atomic mass is 19.4. The van der Waals surface area contributed by atoms with Crippen LogP contribution in [0.2, 0.25) is 0 Å². The number of likely N-dealkylation sites (tertiary alicyclic amines) is 1. The summed E-state index contributed by atoms with van der Waals surface area (Å²) in [6.45, 7) is 0.413. The number of aliphatic hydroxyl groups is 1. The van der Waals surface area contributed by atoms with Gasteiger partial charge in [-0.05, 0) is 19.4 Å². The molecule has 0 aromatic heterocycles. The smallest absolute Gasteiger partial charge is 0.382 e. The molecule has 6 heteroatoms. The van der Waals surface area contributed by atoms with E-state index < -0.39 is 18.8 Å². The number of halogens is 3. The first-order chi connectivity index (χ1) is 6.93. The van der Waals surface area contributed by atoms with Gasteiger partial charge in [0.1, 0.15) is 0 Å². The molecule has 15 heavy (non-hydrogen) atoms. The molecular weight excluding hydrogens is 209 g/mol. The number of rotatable bonds is 2. The maximum Gasteiger partial charge on any atom is 0.415 e. The van der Waals surface area contributed by atoms with E-state index in [2.05, 4.69) is 0 Å². The SMILES string of the molecule is N#C[C@H]1CCCN(C[C@H](O)C(F)(F)F)C1. The molecule has 86 valence electrons. The topological polar surface area (TPSA) is 47.3 Å². The van der Waals surface area contributed by atoms with Gasteiger partial charge in [-0.1, -0.05) is 0 Å². The second-order valence-corrected chi connectivity index (χ2v) is 3.79. The van der Waals surface area contributed by atoms with Gasteiger partial charge >= 0.3 is 6.18 Å². The summed E-state index contributed by atoms with van der Waals surface area (Å²) in [6, 6.07) is 2.04. The van der Waals surface area contributed by atoms with Gasteiger partial charge in [0.15, 0.2) is 6.10 Å². The Morgan fingerprint density at radius 1 is 1.53 bits per heavy atom. The van der Waals surface area contributed by atoms with Crippen LogP contribution in [0.4, 0.5) is 13.2 Å². The van der Waals surface area contributed by atoms with Gasteiger partial charge < -0.3 is 5.11 Å². The molecule has 0 amide bonds. The number of hydrogen-bond donors (Lipinski definition) is 1. The zero-order valence-corrected chi connectivity index (χ0v) is 8.17. The number of nitriles is 1. The van der Waals surface area contributed by atoms with E-state index in [1.165, 1.54) is 4.90 Å². The lowest BCUT2D eigenvalue weighted by Gasteiger charge is -2.31. The summed E-state index contributed by atoms with van der Waals surface area (Å²) in [5.74, 6) is -0.209. The third-order valence-electron chi connectivity index (χ3n) is 2.50. The second kappa shape index (κ2) is 4.81. The molecule has 1 fully saturated rings. The molecule has 0 spiro atoms. The highest BCUT2D eigenvalue weighted by Crippen LogP contribution is 2.23. The van der Waals surface area contributed by atoms with E-state index in [4.69, 9.17) is 10.4 Å². The molecule has 3 nitrogen and oxygen atoms in total. The van der Waals surface area contributed by atoms with Gasteiger partial charge in [0, 0.05) is 13.1 Å². The van der Waals surface area contributed by atoms with Crippen LogP contribution in [-0.2, 0) is 0 Å². The quantitative estimate of drug-likeness (QED) is 0.762. The van der Waals surface area contributed by atoms with Crippen molar-refractivity contribution >= 4 is 0 Å². The predicted octanol–water partition coefficient (Wildman–Crippen LogP) is 1.15. The van der Waals surface area contributed by atoms with Crippen molar-refractivity contribution in [1.29, 1.82) is 5.26 Å². The van der Waals surface area contributed by atoms with Crippen LogP contribution in [0.15, 0.2) is 0 Å². The van der Waals surface area contributed by atoms with E-state index in [0.717, 1.165) is 6.42 Å². The van der Waals surface area contributed by atoms with Crippen molar-refractivity contribution in [2.45, 2.75) is 25.1 Å². The zero-order chi connectivity index (χ0) is 11.5. The maximum absolute atomic E-state index is 12.0. The Bertz CT molecular complexity index is 249. The van der Waals surface area contributed by atoms with Gasteiger partial charge in [-0.15, -0.1) is 0 Å². The minimum absolute atomic E-state index is 0.209. The third-order valence-corrected chi connectivity index (χ3v) is 2.50. The fourth-order valence-corrected chi connectivity index (χ4v) is 1.67. The summed E-state index contributed by atoms with van der Waals surface area (Å²) in [4.78, 5) is 1.50. The summed E-state index contributed by atoms with van der Waals surface area (Å²) in [5, 5.41) is 17.5. The third kappa shape index (κ3) is 3.68. The lowest BCUT2D eigenvalue weighted by molar-refractivity contribution is -0.208. The van der Waals surface area contributed by atoms with Gasteiger partial charge in [-0.3, -0.25) is 4.90 Å². The fourth-order valence-electron chi connectivity index (χ4n) is 1.67. The molecule has 0 saturated carbocycles. The Morgan fingerprint density at radius 2 is 2.20 bits per heavy atom. The molecule has 0 unspecified atom stereocenters. The number of aliphatic hydroxyl groups excluding tert-OH is 1. The summed E-state index contributed by atoms with van der Waals surface area (Å²) in [7, 11) is 0. The van der Waals surface area contributed by atoms with Crippen LogP contribution in [0.3, 0.4) is 0 Å². The number of piperidine rings is 1. The van der Waals surface area contributed by atoms with Crippen LogP contribution in [0, 0.1) is 17.2 Å². The van der Waals surface area contributed by atoms with Gasteiger partial charge in [0.05, 0.1) is 12.0 Å². The number of alkyl halides is 3. The molecule has 0 radical (unpaired) electrons. The summed E-state index contributed by atoms with van der Waals surface area (Å²) >= 11 is 0. The average molecular weight is 222 g/mol. The molecule has 0 bridgehead atoms. The highest BCUT2D eigenvalue weighted by molar-refractivity contribution is 4.89. The first-order valence-corrected chi connectivity index (χ1v) is 4.80. The second-order valence-electron chi connectivity index (χ2n) is 3.79. The van der Waals surface area contributed by atoms with Crippen molar-refractivity contribution in [2.75, 3.05) is 19.6 Å². The van der Waals surface area contributed by atoms with Crippen LogP contribution in [0.1, 0.15) is 12.8 Å². The van der Waals surface area contributed by atoms with E-state index >= 15 is 0 Å². The molecule has 0 aliphatic carbocycles. The summed E-state index contributed by atoms with van der Waals surface area (Å²) in [5.41, 5.74) is 0. The molecule has 1 rings (SSSR count). The minimum Gasteiger partial charge on any atom is -0.382 e. The molecular formula is C9H13F3N2O. The number of nitrogens with zero attached hydrogens (tertiary/aromatic N) is 2. The summed E-state index contributed by atoms with van der Waals surface area (Å²) < 4.78 is 36.1. The number of hydrogen-bond acceptors (Lipinski definition) is 3. The van der Waals surface area contributed by atoms with Crippen molar-refractivity contribution in [3.05, 3.63) is 0 Å². The Hall–Kier alpha value is -0.800. The first kappa shape index (κ1) is 12.3. The first-order valence-electron chi connectivity index (χ1n) is 4.80. The van der Waals surface area contributed by atoms with E-state index in [0.29, 0.717) is 19.5 Å². The Kier molecular flexibility index (Phi) is 3.94. The Morgan fingerprint density at radius 3 is 2.73 bits per heavy atom. The molecule has 2 atom stereocenters. The van der Waals surface area contributed by atoms with E-state index in [1.54, 1.807) is 0 Å². The highest BCUT2D eigenvalue weighted by Gasteiger charge is 2.39. The van der Waals surface area contributed by atoms with Crippen molar-refractivity contribution < 1.29 is 18.3 Å². The van der Waals surface area contributed by atoms with Crippen molar-refractivity contribution in [1.82, 2.24) is 4.90 Å². The normalized spacial score (nSPS) is 25.9. The Labute approximate surface area is 86.1 Å². The Balaban J connectivity index is 2.42. The average Bonchev–Trinajstić information content (AvgIpc) is 2.16. The zero-order valence-electron chi connectivity index (χ0n) is 8.17. The largest absolute Gasteiger partial charge is 0.415 e. The lowest BCUT2D eigenvalue weighted by atomic mass is 9.99. The number of β-amino-alcohol motifs (C(OH)–C–C–N with tert-alkyl or cyclic N) is 1. The van der Waals surface area contributed by atoms with Crippen LogP contribution in [-0.4, -0.2) is 41.9 Å². The van der Waals surface area contributed by atoms with E-state index in [1.807, 2.05) is 6.07 Å². The van der Waals surface area contributed by atoms with Gasteiger partial charge in [0.2, 0.25) is 0 Å². The van der Waals surface area contributed by atoms with Gasteiger partial charge in [0.25, 0.3) is 0 Å². The molecule has 1 N–H and O–H groups in total. The van der Waals surface area contributed by atoms with Gasteiger partial charge in [-0.25, -0.2) is 0 Å². The van der Waals surface area contributed by atoms with Crippen LogP contribution < -0.4 is 0 Å². The standard InChI is InChI=1S/C9H13F3N2O/c10-9(11,12)8(15)6-14-3-1-2-7(4-13)5-14/h7-8,15H,1-3,5-6H2/t7-,8+/m1/s1. The van der Waals surface area contributed by atoms with Crippen LogP contribution in [0.25, 0.3) is 0 Å². The molecule has 0 aromatic carbocycles. The van der Waals surface area contributed by atoms with Crippen molar-refractivity contribution in [3.63, 3.8) is 0 Å². The predicted molar refractivity (Wildman–Crippen MR) is 46.8 cm³/mol. The fraction of sp³-hybridized carbons (Fsp3) is 0.889. The summed E-state index contributed by atoms with van der Waals surface area (Å²) in [6.07, 6.45) is -5.44. The minimum atomic E-state index is -4.57. The van der Waals surface area contributed by atoms with Crippen molar-refractivity contribution in [3.8, 4) is 6.07 Å². The van der Waals surface area contributed by atoms with E-state index in [9.17, 15) is 13.2 Å². The molecule has 1 saturated heterocycles. The van der Waals surface area contributed by atoms with Crippen molar-refractivity contribution in [2.24, 2.45) is 5.92 Å². The lowest BCUT2D eigenvalue weighted by Crippen LogP contribution is -2.44. The maximum atomic E-state index is 12.0. The molecule has 0 aromatic rings. The molecule has 1 aliphatic heterocycles. The van der Waals surface area contributed by atoms with Gasteiger partial charge in [-0.2, -0.15) is 18.4 Å². The monoisotopic (exact) mass is 222 g/mol. The van der Waals surface area contributed by atoms with Crippen LogP contribution in [0.5, 0.6) is 0 Å². The molecule has 1 heterocycles. The van der Waals surface area contributed by atoms with E-state index in [-0.39, 0.29) is 5.92 Å².